The summed E-state index contributed by atoms with van der Waals surface area (Å²) in [6.45, 7) is 0. The van der Waals surface area contributed by atoms with Crippen LogP contribution < -0.4 is 0 Å². The average Bonchev–Trinajstić information content (AvgIpc) is 2.10. The van der Waals surface area contributed by atoms with E-state index in [0.717, 1.165) is 0 Å². The summed E-state index contributed by atoms with van der Waals surface area (Å²) in [7, 11) is 6.36. The van der Waals surface area contributed by atoms with Crippen LogP contribution in [0.3, 0.4) is 0 Å². The Bertz CT molecular complexity index is 192. The molecular formula is C9H13ClSn. The number of halogens is 1. The van der Waals surface area contributed by atoms with E-state index in [4.69, 9.17) is 8.92 Å². The van der Waals surface area contributed by atoms with Crippen LogP contribution in [-0.4, -0.2) is 17.3 Å². The molecule has 0 nitrogen and oxygen atoms in total. The topological polar surface area (TPSA) is 0 Å². The van der Waals surface area contributed by atoms with Gasteiger partial charge in [0.2, 0.25) is 0 Å². The van der Waals surface area contributed by atoms with Gasteiger partial charge in [0.25, 0.3) is 0 Å². The zero-order chi connectivity index (χ0) is 8.32. The van der Waals surface area contributed by atoms with Crippen LogP contribution in [0.4, 0.5) is 0 Å². The predicted molar refractivity (Wildman–Crippen MR) is 54.5 cm³/mol. The first-order valence-electron chi connectivity index (χ1n) is 3.81. The molecule has 0 bridgehead atoms. The molecule has 0 saturated heterocycles. The summed E-state index contributed by atoms with van der Waals surface area (Å²) in [5.41, 5.74) is 0. The Morgan fingerprint density at radius 1 is 1.00 bits per heavy atom. The third kappa shape index (κ3) is 3.04. The van der Waals surface area contributed by atoms with Crippen molar-refractivity contribution in [1.82, 2.24) is 0 Å². The van der Waals surface area contributed by atoms with Gasteiger partial charge in [-0.15, -0.1) is 0 Å². The Morgan fingerprint density at radius 2 is 1.45 bits per heavy atom. The maximum absolute atomic E-state index is 6.36. The van der Waals surface area contributed by atoms with Gasteiger partial charge < -0.3 is 0 Å². The van der Waals surface area contributed by atoms with Crippen LogP contribution >= 0.6 is 8.92 Å². The van der Waals surface area contributed by atoms with Crippen LogP contribution in [-0.2, 0) is 0 Å². The van der Waals surface area contributed by atoms with Gasteiger partial charge in [0.15, 0.2) is 0 Å². The summed E-state index contributed by atoms with van der Waals surface area (Å²) in [4.78, 5) is 4.47. The summed E-state index contributed by atoms with van der Waals surface area (Å²) in [5, 5.41) is 0. The molecule has 11 heavy (non-hydrogen) atoms. The molecule has 1 rings (SSSR count). The minimum absolute atomic E-state index is 0.543. The van der Waals surface area contributed by atoms with Crippen LogP contribution in [0.1, 0.15) is 0 Å². The molecule has 0 heterocycles. The molecule has 2 heteroatoms. The Labute approximate surface area is 76.2 Å². The second-order valence-electron chi connectivity index (χ2n) is 3.24. The van der Waals surface area contributed by atoms with Crippen LogP contribution in [0.25, 0.3) is 0 Å². The van der Waals surface area contributed by atoms with Crippen molar-refractivity contribution in [2.75, 3.05) is 0 Å². The quantitative estimate of drug-likeness (QED) is 0.643. The Balaban J connectivity index is 2.75. The average molecular weight is 275 g/mol. The first-order valence-corrected chi connectivity index (χ1v) is 14.8. The van der Waals surface area contributed by atoms with Crippen LogP contribution in [0.2, 0.25) is 13.8 Å². The van der Waals surface area contributed by atoms with E-state index in [9.17, 15) is 0 Å². The van der Waals surface area contributed by atoms with E-state index in [1.54, 1.807) is 0 Å². The van der Waals surface area contributed by atoms with Crippen molar-refractivity contribution in [3.8, 4) is 0 Å². The van der Waals surface area contributed by atoms with Crippen molar-refractivity contribution >= 4 is 26.2 Å². The molecule has 0 atom stereocenters. The maximum atomic E-state index is 6.36. The fraction of sp³-hybridized carbons (Fsp3) is 0.333. The predicted octanol–water partition coefficient (Wildman–Crippen LogP) is 3.48. The van der Waals surface area contributed by atoms with Crippen LogP contribution in [0.5, 0.6) is 0 Å². The monoisotopic (exact) mass is 276 g/mol. The van der Waals surface area contributed by atoms with Crippen molar-refractivity contribution in [2.24, 2.45) is 0 Å². The zero-order valence-corrected chi connectivity index (χ0v) is 10.5. The number of hydrogen-bond acceptors (Lipinski definition) is 0. The number of rotatable bonds is 1. The molecule has 0 amide bonds. The molecule has 0 aromatic rings. The Kier molecular flexibility index (Phi) is 3.26. The minimum atomic E-state index is -2.22. The van der Waals surface area contributed by atoms with E-state index in [1.165, 1.54) is 0 Å². The van der Waals surface area contributed by atoms with E-state index in [2.05, 4.69) is 34.2 Å². The van der Waals surface area contributed by atoms with Gasteiger partial charge in [-0.3, -0.25) is 0 Å². The Morgan fingerprint density at radius 3 is 1.82 bits per heavy atom. The zero-order valence-electron chi connectivity index (χ0n) is 6.92. The fourth-order valence-corrected chi connectivity index (χ4v) is 5.24. The molecule has 0 radical (unpaired) electrons. The summed E-state index contributed by atoms with van der Waals surface area (Å²) in [6, 6.07) is 0. The second kappa shape index (κ2) is 3.81. The van der Waals surface area contributed by atoms with Crippen molar-refractivity contribution in [1.29, 1.82) is 0 Å². The van der Waals surface area contributed by atoms with Gasteiger partial charge in [-0.25, -0.2) is 0 Å². The molecular weight excluding hydrogens is 262 g/mol. The molecule has 0 aliphatic heterocycles. The van der Waals surface area contributed by atoms with Crippen LogP contribution in [0.15, 0.2) is 36.5 Å². The normalized spacial score (nSPS) is 18.8. The second-order valence-corrected chi connectivity index (χ2v) is 20.6. The van der Waals surface area contributed by atoms with Gasteiger partial charge in [-0.05, 0) is 0 Å². The third-order valence-corrected chi connectivity index (χ3v) is 9.08. The van der Waals surface area contributed by atoms with Gasteiger partial charge in [-0.1, -0.05) is 0 Å². The first kappa shape index (κ1) is 9.40. The molecule has 0 aromatic heterocycles. The summed E-state index contributed by atoms with van der Waals surface area (Å²) in [6.07, 6.45) is 12.7. The summed E-state index contributed by atoms with van der Waals surface area (Å²) >= 11 is -2.22. The summed E-state index contributed by atoms with van der Waals surface area (Å²) in [5.74, 6) is 0. The molecule has 0 fully saturated rings. The van der Waals surface area contributed by atoms with E-state index >= 15 is 0 Å². The molecule has 60 valence electrons. The first-order chi connectivity index (χ1) is 5.11. The molecule has 1 aliphatic carbocycles. The van der Waals surface area contributed by atoms with Crippen molar-refractivity contribution in [3.05, 3.63) is 36.5 Å². The van der Waals surface area contributed by atoms with Gasteiger partial charge in [0, 0.05) is 0 Å². The fourth-order valence-electron chi connectivity index (χ4n) is 1.02. The van der Waals surface area contributed by atoms with Gasteiger partial charge in [0.05, 0.1) is 0 Å². The molecule has 0 spiro atoms. The van der Waals surface area contributed by atoms with Gasteiger partial charge in [-0.2, -0.15) is 0 Å². The van der Waals surface area contributed by atoms with E-state index in [1.807, 2.05) is 12.2 Å². The van der Waals surface area contributed by atoms with Crippen molar-refractivity contribution in [3.63, 3.8) is 0 Å². The van der Waals surface area contributed by atoms with Crippen molar-refractivity contribution in [2.45, 2.75) is 13.8 Å². The molecule has 0 unspecified atom stereocenters. The molecule has 0 aromatic carbocycles. The number of hydrogen-bond donors (Lipinski definition) is 0. The van der Waals surface area contributed by atoms with Crippen LogP contribution in [0, 0.1) is 0 Å². The summed E-state index contributed by atoms with van der Waals surface area (Å²) < 4.78 is 0.543. The Hall–Kier alpha value is 0.309. The molecule has 0 saturated carbocycles. The standard InChI is InChI=1S/C7H7.2CH3.ClH.Sn/c1-2-4-6-7-5-3-1;;;;/h1-7H;2*1H3;1H;/q;;;;+1/p-1. The van der Waals surface area contributed by atoms with E-state index < -0.39 is 17.3 Å². The molecule has 1 aliphatic rings. The SMILES string of the molecule is [CH3][Sn]([CH3])([Cl])[CH]1C=CC=CC=C1. The van der Waals surface area contributed by atoms with E-state index in [-0.39, 0.29) is 0 Å². The van der Waals surface area contributed by atoms with Crippen molar-refractivity contribution < 1.29 is 0 Å². The molecule has 0 N–H and O–H groups in total. The van der Waals surface area contributed by atoms with Gasteiger partial charge in [0.1, 0.15) is 0 Å². The number of allylic oxidation sites excluding steroid dienone is 6. The third-order valence-electron chi connectivity index (χ3n) is 1.76. The van der Waals surface area contributed by atoms with E-state index in [0.29, 0.717) is 3.93 Å². The van der Waals surface area contributed by atoms with Gasteiger partial charge >= 0.3 is 76.4 Å².